The number of para-hydroxylation sites is 2. The first-order valence-corrected chi connectivity index (χ1v) is 15.4. The van der Waals surface area contributed by atoms with E-state index in [1.54, 1.807) is 12.1 Å². The summed E-state index contributed by atoms with van der Waals surface area (Å²) in [6.07, 6.45) is 0.535. The van der Waals surface area contributed by atoms with Gasteiger partial charge in [0.25, 0.3) is 5.91 Å². The molecule has 1 amide bonds. The van der Waals surface area contributed by atoms with Gasteiger partial charge >= 0.3 is 5.97 Å². The molecule has 8 nitrogen and oxygen atoms in total. The van der Waals surface area contributed by atoms with E-state index in [9.17, 15) is 14.7 Å². The summed E-state index contributed by atoms with van der Waals surface area (Å²) in [5.74, 6) is 0.455. The van der Waals surface area contributed by atoms with Gasteiger partial charge in [-0.15, -0.1) is 0 Å². The first-order valence-electron chi connectivity index (χ1n) is 14.6. The van der Waals surface area contributed by atoms with Crippen molar-refractivity contribution in [2.75, 3.05) is 39.5 Å². The van der Waals surface area contributed by atoms with E-state index in [0.29, 0.717) is 29.2 Å². The first-order chi connectivity index (χ1) is 21.5. The average Bonchev–Trinajstić information content (AvgIpc) is 3.04. The zero-order valence-electron chi connectivity index (χ0n) is 24.3. The van der Waals surface area contributed by atoms with E-state index in [2.05, 4.69) is 26.1 Å². The molecular formula is C35H35BrN2O6. The average molecular weight is 660 g/mol. The predicted molar refractivity (Wildman–Crippen MR) is 172 cm³/mol. The molecule has 0 bridgehead atoms. The molecule has 4 aromatic rings. The zero-order valence-corrected chi connectivity index (χ0v) is 25.9. The van der Waals surface area contributed by atoms with Crippen LogP contribution in [0.4, 0.5) is 0 Å². The molecule has 1 aliphatic heterocycles. The Hall–Kier alpha value is -4.18. The molecule has 1 fully saturated rings. The number of rotatable bonds is 13. The Morgan fingerprint density at radius 2 is 1.64 bits per heavy atom. The number of halogens is 1. The predicted octanol–water partition coefficient (Wildman–Crippen LogP) is 6.96. The number of carboxylic acid groups (broad SMARTS) is 1. The maximum atomic E-state index is 13.5. The molecule has 1 heterocycles. The number of nitrogens with zero attached hydrogens (tertiary/aromatic N) is 1. The molecule has 0 aliphatic carbocycles. The number of amides is 1. The fourth-order valence-corrected chi connectivity index (χ4v) is 5.43. The molecule has 228 valence electrons. The van der Waals surface area contributed by atoms with Crippen LogP contribution in [0.15, 0.2) is 102 Å². The third-order valence-electron chi connectivity index (χ3n) is 7.33. The minimum Gasteiger partial charge on any atom is -0.493 e. The number of benzene rings is 4. The maximum Gasteiger partial charge on any atom is 0.305 e. The molecule has 0 saturated carbocycles. The Labute approximate surface area is 265 Å². The number of hydrogen-bond acceptors (Lipinski definition) is 6. The van der Waals surface area contributed by atoms with Crippen molar-refractivity contribution in [2.24, 2.45) is 0 Å². The van der Waals surface area contributed by atoms with Crippen LogP contribution in [0.2, 0.25) is 0 Å². The van der Waals surface area contributed by atoms with Gasteiger partial charge in [-0.25, -0.2) is 0 Å². The smallest absolute Gasteiger partial charge is 0.305 e. The Morgan fingerprint density at radius 1 is 0.909 bits per heavy atom. The highest BCUT2D eigenvalue weighted by molar-refractivity contribution is 9.10. The molecule has 5 rings (SSSR count). The van der Waals surface area contributed by atoms with Crippen molar-refractivity contribution in [2.45, 2.75) is 18.9 Å². The number of aliphatic carboxylic acids is 1. The van der Waals surface area contributed by atoms with Gasteiger partial charge in [-0.1, -0.05) is 76.6 Å². The second-order valence-corrected chi connectivity index (χ2v) is 11.4. The molecule has 0 spiro atoms. The number of carbonyl (C=O) groups is 2. The molecule has 1 atom stereocenters. The van der Waals surface area contributed by atoms with Crippen molar-refractivity contribution in [3.05, 3.63) is 113 Å². The van der Waals surface area contributed by atoms with E-state index in [-0.39, 0.29) is 6.42 Å². The second-order valence-electron chi connectivity index (χ2n) is 10.5. The van der Waals surface area contributed by atoms with Gasteiger partial charge in [0.1, 0.15) is 17.2 Å². The van der Waals surface area contributed by atoms with Gasteiger partial charge in [0.05, 0.1) is 37.8 Å². The van der Waals surface area contributed by atoms with Gasteiger partial charge in [0.2, 0.25) is 0 Å². The molecular weight excluding hydrogens is 624 g/mol. The van der Waals surface area contributed by atoms with Gasteiger partial charge in [0.15, 0.2) is 0 Å². The van der Waals surface area contributed by atoms with Crippen LogP contribution in [-0.4, -0.2) is 61.3 Å². The van der Waals surface area contributed by atoms with Crippen LogP contribution in [0.1, 0.15) is 34.8 Å². The van der Waals surface area contributed by atoms with Crippen molar-refractivity contribution in [1.82, 2.24) is 10.2 Å². The van der Waals surface area contributed by atoms with Crippen LogP contribution in [0.25, 0.3) is 11.1 Å². The maximum absolute atomic E-state index is 13.5. The fourth-order valence-electron chi connectivity index (χ4n) is 5.07. The Balaban J connectivity index is 1.29. The Bertz CT molecular complexity index is 1540. The summed E-state index contributed by atoms with van der Waals surface area (Å²) in [7, 11) is 0. The van der Waals surface area contributed by atoms with Crippen LogP contribution in [0.3, 0.4) is 0 Å². The van der Waals surface area contributed by atoms with Crippen molar-refractivity contribution >= 4 is 27.8 Å². The molecule has 1 aliphatic rings. The Kier molecular flexibility index (Phi) is 11.0. The normalized spacial score (nSPS) is 14.0. The summed E-state index contributed by atoms with van der Waals surface area (Å²) < 4.78 is 18.3. The van der Waals surface area contributed by atoms with Crippen LogP contribution >= 0.6 is 15.9 Å². The lowest BCUT2D eigenvalue weighted by molar-refractivity contribution is -0.137. The van der Waals surface area contributed by atoms with E-state index in [1.807, 2.05) is 84.9 Å². The summed E-state index contributed by atoms with van der Waals surface area (Å²) in [6, 6.07) is 29.3. The summed E-state index contributed by atoms with van der Waals surface area (Å²) >= 11 is 3.45. The van der Waals surface area contributed by atoms with E-state index < -0.39 is 17.9 Å². The number of carbonyl (C=O) groups excluding carboxylic acids is 1. The van der Waals surface area contributed by atoms with Crippen LogP contribution in [-0.2, 0) is 9.53 Å². The quantitative estimate of drug-likeness (QED) is 0.150. The van der Waals surface area contributed by atoms with Crippen LogP contribution in [0.5, 0.6) is 17.2 Å². The summed E-state index contributed by atoms with van der Waals surface area (Å²) in [5.41, 5.74) is 2.81. The lowest BCUT2D eigenvalue weighted by Crippen LogP contribution is -2.37. The molecule has 1 unspecified atom stereocenters. The number of nitrogens with one attached hydrogen (secondary N) is 1. The monoisotopic (exact) mass is 658 g/mol. The number of carboxylic acids is 1. The van der Waals surface area contributed by atoms with Gasteiger partial charge in [-0.2, -0.15) is 0 Å². The molecule has 4 aromatic carbocycles. The summed E-state index contributed by atoms with van der Waals surface area (Å²) in [5, 5.41) is 12.6. The van der Waals surface area contributed by atoms with E-state index in [1.165, 1.54) is 0 Å². The fraction of sp³-hybridized carbons (Fsp3) is 0.257. The third-order valence-corrected chi connectivity index (χ3v) is 7.83. The van der Waals surface area contributed by atoms with E-state index >= 15 is 0 Å². The molecule has 0 aromatic heterocycles. The third kappa shape index (κ3) is 8.69. The molecule has 0 radical (unpaired) electrons. The standard InChI is InChI=1S/C35H35BrN2O6/c36-27-15-16-32(43-20-6-17-38-18-21-42-22-19-38)30(23-27)35(41)37-31(24-34(39)40)26-13-11-25(12-14-26)29-9-4-5-10-33(29)44-28-7-2-1-3-8-28/h1-5,7-16,23,31H,6,17-22,24H2,(H,37,41)(H,39,40). The van der Waals surface area contributed by atoms with Crippen molar-refractivity contribution in [1.29, 1.82) is 0 Å². The lowest BCUT2D eigenvalue weighted by atomic mass is 9.98. The number of ether oxygens (including phenoxy) is 3. The summed E-state index contributed by atoms with van der Waals surface area (Å²) in [4.78, 5) is 27.7. The summed E-state index contributed by atoms with van der Waals surface area (Å²) in [6.45, 7) is 4.65. The highest BCUT2D eigenvalue weighted by atomic mass is 79.9. The molecule has 9 heteroatoms. The van der Waals surface area contributed by atoms with Gasteiger partial charge in [-0.3, -0.25) is 14.5 Å². The first kappa shape index (κ1) is 31.3. The second kappa shape index (κ2) is 15.5. The number of hydrogen-bond donors (Lipinski definition) is 2. The SMILES string of the molecule is O=C(O)CC(NC(=O)c1cc(Br)ccc1OCCCN1CCOCC1)c1ccc(-c2ccccc2Oc2ccccc2)cc1. The highest BCUT2D eigenvalue weighted by Crippen LogP contribution is 2.34. The van der Waals surface area contributed by atoms with Gasteiger partial charge in [0, 0.05) is 29.7 Å². The molecule has 44 heavy (non-hydrogen) atoms. The minimum absolute atomic E-state index is 0.275. The van der Waals surface area contributed by atoms with Crippen molar-refractivity contribution in [3.63, 3.8) is 0 Å². The largest absolute Gasteiger partial charge is 0.493 e. The van der Waals surface area contributed by atoms with Crippen LogP contribution in [0, 0.1) is 0 Å². The van der Waals surface area contributed by atoms with Crippen molar-refractivity contribution < 1.29 is 28.9 Å². The molecule has 1 saturated heterocycles. The zero-order chi connectivity index (χ0) is 30.7. The van der Waals surface area contributed by atoms with Crippen molar-refractivity contribution in [3.8, 4) is 28.4 Å². The van der Waals surface area contributed by atoms with E-state index in [4.69, 9.17) is 14.2 Å². The van der Waals surface area contributed by atoms with E-state index in [0.717, 1.165) is 60.6 Å². The van der Waals surface area contributed by atoms with Gasteiger partial charge < -0.3 is 24.6 Å². The lowest BCUT2D eigenvalue weighted by Gasteiger charge is -2.26. The van der Waals surface area contributed by atoms with Gasteiger partial charge in [-0.05, 0) is 53.9 Å². The van der Waals surface area contributed by atoms with Crippen LogP contribution < -0.4 is 14.8 Å². The topological polar surface area (TPSA) is 97.3 Å². The minimum atomic E-state index is -1.02. The number of morpholine rings is 1. The molecule has 2 N–H and O–H groups in total. The highest BCUT2D eigenvalue weighted by Gasteiger charge is 2.22. The Morgan fingerprint density at radius 3 is 2.39 bits per heavy atom.